The first kappa shape index (κ1) is 24.2. The van der Waals surface area contributed by atoms with Gasteiger partial charge in [0, 0.05) is 39.1 Å². The number of nitrogens with zero attached hydrogens (tertiary/aromatic N) is 2. The van der Waals surface area contributed by atoms with Gasteiger partial charge in [-0.15, -0.1) is 0 Å². The molecule has 1 aliphatic rings. The van der Waals surface area contributed by atoms with Crippen molar-refractivity contribution in [1.29, 1.82) is 0 Å². The molecule has 32 heavy (non-hydrogen) atoms. The Kier molecular flexibility index (Phi) is 8.67. The molecule has 0 radical (unpaired) electrons. The van der Waals surface area contributed by atoms with E-state index in [0.717, 1.165) is 44.0 Å². The number of carbonyl (C=O) groups excluding carboxylic acids is 1. The van der Waals surface area contributed by atoms with Gasteiger partial charge in [-0.2, -0.15) is 0 Å². The summed E-state index contributed by atoms with van der Waals surface area (Å²) in [5.41, 5.74) is 3.86. The SMILES string of the molecule is Cc1ccccc1N(CCCC(=O)NCc1ccccc1CN1CCOCC1)S(C)(=O)=O. The monoisotopic (exact) mass is 459 g/mol. The zero-order valence-electron chi connectivity index (χ0n) is 18.9. The summed E-state index contributed by atoms with van der Waals surface area (Å²) in [6.45, 7) is 6.80. The van der Waals surface area contributed by atoms with Crippen molar-refractivity contribution >= 4 is 21.6 Å². The molecule has 0 atom stereocenters. The van der Waals surface area contributed by atoms with Gasteiger partial charge in [-0.25, -0.2) is 8.42 Å². The average Bonchev–Trinajstić information content (AvgIpc) is 2.77. The number of carbonyl (C=O) groups is 1. The number of aryl methyl sites for hydroxylation is 1. The molecular formula is C24H33N3O4S. The number of amides is 1. The largest absolute Gasteiger partial charge is 0.379 e. The molecule has 2 aromatic carbocycles. The van der Waals surface area contributed by atoms with E-state index in [9.17, 15) is 13.2 Å². The second kappa shape index (κ2) is 11.4. The van der Waals surface area contributed by atoms with Crippen LogP contribution >= 0.6 is 0 Å². The Hall–Kier alpha value is -2.42. The van der Waals surface area contributed by atoms with Gasteiger partial charge in [-0.1, -0.05) is 42.5 Å². The highest BCUT2D eigenvalue weighted by Gasteiger charge is 2.19. The average molecular weight is 460 g/mol. The van der Waals surface area contributed by atoms with Gasteiger partial charge in [0.1, 0.15) is 0 Å². The van der Waals surface area contributed by atoms with Gasteiger partial charge < -0.3 is 10.1 Å². The van der Waals surface area contributed by atoms with Crippen LogP contribution in [0.25, 0.3) is 0 Å². The van der Waals surface area contributed by atoms with E-state index in [1.807, 2.05) is 43.3 Å². The molecule has 0 bridgehead atoms. The third kappa shape index (κ3) is 7.05. The fraction of sp³-hybridized carbons (Fsp3) is 0.458. The molecule has 3 rings (SSSR count). The number of para-hydroxylation sites is 1. The van der Waals surface area contributed by atoms with Gasteiger partial charge in [0.25, 0.3) is 0 Å². The van der Waals surface area contributed by atoms with E-state index in [4.69, 9.17) is 4.74 Å². The number of ether oxygens (including phenoxy) is 1. The predicted molar refractivity (Wildman–Crippen MR) is 127 cm³/mol. The molecule has 0 saturated carbocycles. The van der Waals surface area contributed by atoms with Crippen LogP contribution in [0.5, 0.6) is 0 Å². The first-order chi connectivity index (χ1) is 15.3. The highest BCUT2D eigenvalue weighted by molar-refractivity contribution is 7.92. The van der Waals surface area contributed by atoms with E-state index in [1.165, 1.54) is 16.1 Å². The maximum absolute atomic E-state index is 12.4. The van der Waals surface area contributed by atoms with Crippen LogP contribution in [0, 0.1) is 6.92 Å². The summed E-state index contributed by atoms with van der Waals surface area (Å²) in [7, 11) is -3.43. The van der Waals surface area contributed by atoms with Crippen LogP contribution in [0.1, 0.15) is 29.5 Å². The summed E-state index contributed by atoms with van der Waals surface area (Å²) in [6.07, 6.45) is 1.91. The summed E-state index contributed by atoms with van der Waals surface area (Å²) in [6, 6.07) is 15.5. The number of hydrogen-bond acceptors (Lipinski definition) is 5. The second-order valence-electron chi connectivity index (χ2n) is 8.16. The number of morpholine rings is 1. The molecule has 0 aromatic heterocycles. The number of rotatable bonds is 10. The number of hydrogen-bond donors (Lipinski definition) is 1. The van der Waals surface area contributed by atoms with Gasteiger partial charge in [0.05, 0.1) is 25.2 Å². The number of sulfonamides is 1. The first-order valence-corrected chi connectivity index (χ1v) is 12.9. The van der Waals surface area contributed by atoms with Crippen LogP contribution in [0.15, 0.2) is 48.5 Å². The summed E-state index contributed by atoms with van der Waals surface area (Å²) < 4.78 is 31.4. The minimum Gasteiger partial charge on any atom is -0.379 e. The predicted octanol–water partition coefficient (Wildman–Crippen LogP) is 2.69. The van der Waals surface area contributed by atoms with Crippen LogP contribution in [-0.2, 0) is 32.6 Å². The lowest BCUT2D eigenvalue weighted by atomic mass is 10.1. The zero-order chi connectivity index (χ0) is 23.0. The standard InChI is InChI=1S/C24H33N3O4S/c1-20-8-3-6-11-23(20)27(32(2,29)30)13-7-12-24(28)25-18-21-9-4-5-10-22(21)19-26-14-16-31-17-15-26/h3-6,8-11H,7,12-19H2,1-2H3,(H,25,28). The van der Waals surface area contributed by atoms with Crippen LogP contribution in [0.3, 0.4) is 0 Å². The summed E-state index contributed by atoms with van der Waals surface area (Å²) >= 11 is 0. The van der Waals surface area contributed by atoms with Crippen molar-refractivity contribution < 1.29 is 17.9 Å². The minimum atomic E-state index is -3.43. The molecule has 0 unspecified atom stereocenters. The van der Waals surface area contributed by atoms with Crippen molar-refractivity contribution in [2.45, 2.75) is 32.9 Å². The van der Waals surface area contributed by atoms with Crippen molar-refractivity contribution in [3.63, 3.8) is 0 Å². The Morgan fingerprint density at radius 2 is 1.72 bits per heavy atom. The van der Waals surface area contributed by atoms with Crippen molar-refractivity contribution in [3.8, 4) is 0 Å². The molecule has 1 fully saturated rings. The lowest BCUT2D eigenvalue weighted by molar-refractivity contribution is -0.121. The molecular weight excluding hydrogens is 426 g/mol. The fourth-order valence-electron chi connectivity index (χ4n) is 3.86. The molecule has 1 N–H and O–H groups in total. The highest BCUT2D eigenvalue weighted by Crippen LogP contribution is 2.22. The van der Waals surface area contributed by atoms with Crippen molar-refractivity contribution in [3.05, 3.63) is 65.2 Å². The van der Waals surface area contributed by atoms with Crippen molar-refractivity contribution in [2.24, 2.45) is 0 Å². The van der Waals surface area contributed by atoms with E-state index in [2.05, 4.69) is 16.3 Å². The molecule has 8 heteroatoms. The maximum atomic E-state index is 12.4. The molecule has 1 heterocycles. The lowest BCUT2D eigenvalue weighted by Gasteiger charge is -2.27. The molecule has 1 saturated heterocycles. The Labute approximate surface area is 191 Å². The van der Waals surface area contributed by atoms with Gasteiger partial charge >= 0.3 is 0 Å². The molecule has 0 aliphatic carbocycles. The maximum Gasteiger partial charge on any atom is 0.232 e. The topological polar surface area (TPSA) is 79.0 Å². The smallest absolute Gasteiger partial charge is 0.232 e. The Balaban J connectivity index is 1.51. The zero-order valence-corrected chi connectivity index (χ0v) is 19.7. The van der Waals surface area contributed by atoms with E-state index < -0.39 is 10.0 Å². The number of nitrogens with one attached hydrogen (secondary N) is 1. The van der Waals surface area contributed by atoms with Crippen molar-refractivity contribution in [1.82, 2.24) is 10.2 Å². The molecule has 1 amide bonds. The van der Waals surface area contributed by atoms with Crippen LogP contribution < -0.4 is 9.62 Å². The van der Waals surface area contributed by atoms with Crippen LogP contribution in [-0.4, -0.2) is 58.3 Å². The molecule has 1 aliphatic heterocycles. The molecule has 0 spiro atoms. The number of anilines is 1. The summed E-state index contributed by atoms with van der Waals surface area (Å²) in [4.78, 5) is 14.8. The molecule has 7 nitrogen and oxygen atoms in total. The van der Waals surface area contributed by atoms with Crippen LogP contribution in [0.4, 0.5) is 5.69 Å². The summed E-state index contributed by atoms with van der Waals surface area (Å²) in [5, 5.41) is 2.99. The van der Waals surface area contributed by atoms with Gasteiger partial charge in [0.2, 0.25) is 15.9 Å². The Morgan fingerprint density at radius 3 is 2.41 bits per heavy atom. The van der Waals surface area contributed by atoms with E-state index in [0.29, 0.717) is 18.7 Å². The van der Waals surface area contributed by atoms with Gasteiger partial charge in [0.15, 0.2) is 0 Å². The second-order valence-corrected chi connectivity index (χ2v) is 10.1. The van der Waals surface area contributed by atoms with E-state index in [-0.39, 0.29) is 18.9 Å². The fourth-order valence-corrected chi connectivity index (χ4v) is 4.88. The van der Waals surface area contributed by atoms with E-state index >= 15 is 0 Å². The molecule has 174 valence electrons. The van der Waals surface area contributed by atoms with E-state index in [1.54, 1.807) is 6.07 Å². The van der Waals surface area contributed by atoms with Gasteiger partial charge in [-0.3, -0.25) is 14.0 Å². The third-order valence-corrected chi connectivity index (χ3v) is 6.82. The normalized spacial score (nSPS) is 14.8. The van der Waals surface area contributed by atoms with Crippen LogP contribution in [0.2, 0.25) is 0 Å². The third-order valence-electron chi connectivity index (χ3n) is 5.64. The quantitative estimate of drug-likeness (QED) is 0.591. The van der Waals surface area contributed by atoms with Crippen molar-refractivity contribution in [2.75, 3.05) is 43.4 Å². The Morgan fingerprint density at radius 1 is 1.06 bits per heavy atom. The highest BCUT2D eigenvalue weighted by atomic mass is 32.2. The number of benzene rings is 2. The Bertz CT molecular complexity index is 1000. The van der Waals surface area contributed by atoms with Gasteiger partial charge in [-0.05, 0) is 36.1 Å². The molecule has 2 aromatic rings. The first-order valence-electron chi connectivity index (χ1n) is 11.0. The summed E-state index contributed by atoms with van der Waals surface area (Å²) in [5.74, 6) is -0.0792. The minimum absolute atomic E-state index is 0.0792. The lowest BCUT2D eigenvalue weighted by Crippen LogP contribution is -2.36.